The number of nitrogens with zero attached hydrogens (tertiary/aromatic N) is 3. The Balaban J connectivity index is 1.98. The van der Waals surface area contributed by atoms with E-state index in [1.54, 1.807) is 35.4 Å². The van der Waals surface area contributed by atoms with Crippen molar-refractivity contribution in [1.82, 2.24) is 19.9 Å². The minimum atomic E-state index is -1.13. The largest absolute Gasteiger partial charge is 0.479 e. The summed E-state index contributed by atoms with van der Waals surface area (Å²) in [5.74, 6) is -0.918. The van der Waals surface area contributed by atoms with Gasteiger partial charge in [-0.15, -0.1) is 0 Å². The number of carboxylic acids is 1. The minimum absolute atomic E-state index is 0.117. The molecule has 0 radical (unpaired) electrons. The normalized spacial score (nSPS) is 11.9. The van der Waals surface area contributed by atoms with Gasteiger partial charge in [0.15, 0.2) is 6.10 Å². The zero-order valence-electron chi connectivity index (χ0n) is 11.3. The lowest BCUT2D eigenvalue weighted by atomic mass is 10.2. The van der Waals surface area contributed by atoms with E-state index in [0.29, 0.717) is 11.4 Å². The molecule has 0 aromatic carbocycles. The van der Waals surface area contributed by atoms with Gasteiger partial charge in [-0.1, -0.05) is 0 Å². The van der Waals surface area contributed by atoms with Crippen molar-refractivity contribution < 1.29 is 19.4 Å². The number of aromatic nitrogens is 3. The van der Waals surface area contributed by atoms with E-state index in [-0.39, 0.29) is 6.54 Å². The molecule has 0 aliphatic heterocycles. The van der Waals surface area contributed by atoms with Gasteiger partial charge in [0.1, 0.15) is 12.1 Å². The Morgan fingerprint density at radius 1 is 1.48 bits per heavy atom. The molecule has 1 amide bonds. The average molecular weight is 290 g/mol. The van der Waals surface area contributed by atoms with Crippen LogP contribution in [0.25, 0.3) is 5.82 Å². The summed E-state index contributed by atoms with van der Waals surface area (Å²) >= 11 is 0. The summed E-state index contributed by atoms with van der Waals surface area (Å²) in [6.07, 6.45) is 5.29. The first kappa shape index (κ1) is 14.7. The molecule has 2 rings (SSSR count). The van der Waals surface area contributed by atoms with Crippen molar-refractivity contribution in [3.63, 3.8) is 0 Å². The molecule has 0 fully saturated rings. The minimum Gasteiger partial charge on any atom is -0.479 e. The Morgan fingerprint density at radius 3 is 2.81 bits per heavy atom. The Bertz CT molecular complexity index is 610. The Hall–Kier alpha value is -2.74. The van der Waals surface area contributed by atoms with Gasteiger partial charge in [-0.3, -0.25) is 9.36 Å². The summed E-state index contributed by atoms with van der Waals surface area (Å²) in [6, 6.07) is 3.27. The van der Waals surface area contributed by atoms with Crippen molar-refractivity contribution in [1.29, 1.82) is 0 Å². The molecule has 0 aliphatic carbocycles. The molecule has 2 heterocycles. The number of pyridine rings is 1. The second-order valence-electron chi connectivity index (χ2n) is 4.15. The van der Waals surface area contributed by atoms with Gasteiger partial charge in [-0.2, -0.15) is 0 Å². The summed E-state index contributed by atoms with van der Waals surface area (Å²) in [6.45, 7) is -0.117. The van der Waals surface area contributed by atoms with Crippen LogP contribution in [0.15, 0.2) is 37.1 Å². The average Bonchev–Trinajstić information content (AvgIpc) is 3.01. The first-order chi connectivity index (χ1) is 10.1. The molecule has 0 spiro atoms. The number of carbonyl (C=O) groups excluding carboxylic acids is 1. The molecule has 2 aromatic heterocycles. The summed E-state index contributed by atoms with van der Waals surface area (Å²) in [5.41, 5.74) is 0.333. The molecular weight excluding hydrogens is 276 g/mol. The van der Waals surface area contributed by atoms with Gasteiger partial charge in [0, 0.05) is 25.7 Å². The first-order valence-corrected chi connectivity index (χ1v) is 6.10. The zero-order valence-corrected chi connectivity index (χ0v) is 11.3. The molecule has 8 nitrogen and oxygen atoms in total. The number of methoxy groups -OCH3 is 1. The number of imidazole rings is 1. The highest BCUT2D eigenvalue weighted by Gasteiger charge is 2.17. The molecule has 0 aliphatic rings. The number of ether oxygens (including phenoxy) is 1. The third-order valence-electron chi connectivity index (χ3n) is 2.79. The van der Waals surface area contributed by atoms with Crippen LogP contribution in [-0.2, 0) is 9.53 Å². The quantitative estimate of drug-likeness (QED) is 0.781. The van der Waals surface area contributed by atoms with E-state index in [2.05, 4.69) is 15.3 Å². The molecule has 1 atom stereocenters. The van der Waals surface area contributed by atoms with Crippen LogP contribution >= 0.6 is 0 Å². The number of hydrogen-bond donors (Lipinski definition) is 2. The van der Waals surface area contributed by atoms with Crippen molar-refractivity contribution in [2.75, 3.05) is 13.7 Å². The van der Waals surface area contributed by atoms with Gasteiger partial charge >= 0.3 is 5.97 Å². The molecule has 110 valence electrons. The number of rotatable bonds is 6. The smallest absolute Gasteiger partial charge is 0.334 e. The Morgan fingerprint density at radius 2 is 2.29 bits per heavy atom. The maximum absolute atomic E-state index is 11.9. The van der Waals surface area contributed by atoms with Gasteiger partial charge in [0.05, 0.1) is 12.1 Å². The van der Waals surface area contributed by atoms with Crippen LogP contribution in [0.4, 0.5) is 0 Å². The lowest BCUT2D eigenvalue weighted by Gasteiger charge is -2.11. The van der Waals surface area contributed by atoms with Crippen molar-refractivity contribution in [2.45, 2.75) is 6.10 Å². The summed E-state index contributed by atoms with van der Waals surface area (Å²) in [5, 5.41) is 11.3. The summed E-state index contributed by atoms with van der Waals surface area (Å²) in [7, 11) is 1.27. The maximum atomic E-state index is 11.9. The van der Waals surface area contributed by atoms with E-state index in [1.165, 1.54) is 13.3 Å². The van der Waals surface area contributed by atoms with Crippen LogP contribution < -0.4 is 5.32 Å². The first-order valence-electron chi connectivity index (χ1n) is 6.10. The Kier molecular flexibility index (Phi) is 4.62. The van der Waals surface area contributed by atoms with Crippen LogP contribution in [-0.4, -0.2) is 51.3 Å². The highest BCUT2D eigenvalue weighted by Crippen LogP contribution is 2.05. The molecule has 0 bridgehead atoms. The number of carbonyl (C=O) groups is 2. The number of aliphatic carboxylic acids is 1. The third kappa shape index (κ3) is 3.63. The van der Waals surface area contributed by atoms with Crippen LogP contribution in [0.3, 0.4) is 0 Å². The monoisotopic (exact) mass is 290 g/mol. The van der Waals surface area contributed by atoms with E-state index in [4.69, 9.17) is 9.84 Å². The number of carboxylic acid groups (broad SMARTS) is 1. The molecule has 0 saturated carbocycles. The van der Waals surface area contributed by atoms with Crippen LogP contribution in [0.1, 0.15) is 10.4 Å². The van der Waals surface area contributed by atoms with Crippen LogP contribution in [0.5, 0.6) is 0 Å². The van der Waals surface area contributed by atoms with E-state index >= 15 is 0 Å². The summed E-state index contributed by atoms with van der Waals surface area (Å²) < 4.78 is 6.43. The topological polar surface area (TPSA) is 106 Å². The van der Waals surface area contributed by atoms with E-state index in [0.717, 1.165) is 0 Å². The maximum Gasteiger partial charge on any atom is 0.334 e. The van der Waals surface area contributed by atoms with Crippen LogP contribution in [0.2, 0.25) is 0 Å². The molecule has 8 heteroatoms. The number of nitrogens with one attached hydrogen (secondary N) is 1. The van der Waals surface area contributed by atoms with Crippen molar-refractivity contribution >= 4 is 11.9 Å². The molecular formula is C13H14N4O4. The van der Waals surface area contributed by atoms with E-state index in [1.807, 2.05) is 0 Å². The fourth-order valence-corrected chi connectivity index (χ4v) is 1.63. The van der Waals surface area contributed by atoms with Crippen LogP contribution in [0, 0.1) is 0 Å². The molecule has 21 heavy (non-hydrogen) atoms. The SMILES string of the molecule is COC(CNC(=O)c1ccc(-n2ccnc2)nc1)C(=O)O. The van der Waals surface area contributed by atoms with E-state index in [9.17, 15) is 9.59 Å². The third-order valence-corrected chi connectivity index (χ3v) is 2.79. The zero-order chi connectivity index (χ0) is 15.2. The number of hydrogen-bond acceptors (Lipinski definition) is 5. The van der Waals surface area contributed by atoms with Crippen molar-refractivity contribution in [3.8, 4) is 5.82 Å². The lowest BCUT2D eigenvalue weighted by Crippen LogP contribution is -2.37. The molecule has 1 unspecified atom stereocenters. The predicted octanol–water partition coefficient (Wildman–Crippen LogP) is 0.0967. The predicted molar refractivity (Wildman–Crippen MR) is 72.1 cm³/mol. The van der Waals surface area contributed by atoms with E-state index < -0.39 is 18.0 Å². The summed E-state index contributed by atoms with van der Waals surface area (Å²) in [4.78, 5) is 30.7. The fourth-order valence-electron chi connectivity index (χ4n) is 1.63. The standard InChI is InChI=1S/C13H14N4O4/c1-21-10(13(19)20)7-16-12(18)9-2-3-11(15-6-9)17-5-4-14-8-17/h2-6,8,10H,7H2,1H3,(H,16,18)(H,19,20). The highest BCUT2D eigenvalue weighted by molar-refractivity contribution is 5.94. The fraction of sp³-hybridized carbons (Fsp3) is 0.231. The highest BCUT2D eigenvalue weighted by atomic mass is 16.5. The lowest BCUT2D eigenvalue weighted by molar-refractivity contribution is -0.148. The Labute approximate surface area is 120 Å². The second-order valence-corrected chi connectivity index (χ2v) is 4.15. The van der Waals surface area contributed by atoms with Gasteiger partial charge in [-0.05, 0) is 12.1 Å². The van der Waals surface area contributed by atoms with Crippen molar-refractivity contribution in [2.24, 2.45) is 0 Å². The second kappa shape index (κ2) is 6.62. The van der Waals surface area contributed by atoms with Gasteiger partial charge < -0.3 is 15.2 Å². The molecule has 0 saturated heterocycles. The molecule has 2 aromatic rings. The number of amides is 1. The van der Waals surface area contributed by atoms with Gasteiger partial charge in [0.2, 0.25) is 0 Å². The van der Waals surface area contributed by atoms with Crippen molar-refractivity contribution in [3.05, 3.63) is 42.6 Å². The molecule has 2 N–H and O–H groups in total. The van der Waals surface area contributed by atoms with Gasteiger partial charge in [0.25, 0.3) is 5.91 Å². The van der Waals surface area contributed by atoms with Gasteiger partial charge in [-0.25, -0.2) is 14.8 Å².